The van der Waals surface area contributed by atoms with E-state index in [1.54, 1.807) is 13.3 Å². The maximum Gasteiger partial charge on any atom is 0.226 e. The predicted octanol–water partition coefficient (Wildman–Crippen LogP) is 2.91. The van der Waals surface area contributed by atoms with Gasteiger partial charge in [-0.2, -0.15) is 5.10 Å². The first-order chi connectivity index (χ1) is 13.1. The van der Waals surface area contributed by atoms with E-state index >= 15 is 0 Å². The molecule has 0 spiro atoms. The maximum atomic E-state index is 5.58. The van der Waals surface area contributed by atoms with Crippen molar-refractivity contribution in [1.29, 1.82) is 0 Å². The third-order valence-electron chi connectivity index (χ3n) is 4.13. The molecule has 1 aromatic carbocycles. The number of oxazole rings is 1. The molecular weight excluding hydrogens is 340 g/mol. The Hall–Kier alpha value is -3.09. The van der Waals surface area contributed by atoms with Gasteiger partial charge in [-0.25, -0.2) is 4.98 Å². The molecule has 0 aliphatic carbocycles. The van der Waals surface area contributed by atoms with Crippen LogP contribution in [0.25, 0.3) is 11.5 Å². The molecule has 2 aromatic heterocycles. The van der Waals surface area contributed by atoms with Gasteiger partial charge in [-0.05, 0) is 38.0 Å². The molecule has 2 N–H and O–H groups in total. The highest BCUT2D eigenvalue weighted by Crippen LogP contribution is 2.18. The normalized spacial score (nSPS) is 11.6. The highest BCUT2D eigenvalue weighted by atomic mass is 16.3. The van der Waals surface area contributed by atoms with Crippen molar-refractivity contribution in [3.05, 3.63) is 59.7 Å². The molecule has 0 amide bonds. The SMILES string of the molecule is CN=C(NCCCn1cc(C)cn1)NCc1coc(-c2ccc(C)cc2)n1. The monoisotopic (exact) mass is 366 g/mol. The van der Waals surface area contributed by atoms with E-state index in [0.717, 1.165) is 36.7 Å². The van der Waals surface area contributed by atoms with Gasteiger partial charge in [0, 0.05) is 31.9 Å². The van der Waals surface area contributed by atoms with E-state index in [1.165, 1.54) is 11.1 Å². The van der Waals surface area contributed by atoms with Crippen LogP contribution in [0.15, 0.2) is 52.3 Å². The van der Waals surface area contributed by atoms with E-state index in [4.69, 9.17) is 4.42 Å². The molecule has 0 atom stereocenters. The lowest BCUT2D eigenvalue weighted by molar-refractivity contribution is 0.568. The first-order valence-corrected chi connectivity index (χ1v) is 9.09. The number of benzene rings is 1. The highest BCUT2D eigenvalue weighted by Gasteiger charge is 2.07. The summed E-state index contributed by atoms with van der Waals surface area (Å²) in [5, 5.41) is 10.8. The molecule has 0 bridgehead atoms. The molecule has 7 heteroatoms. The standard InChI is InChI=1S/C20H26N6O/c1-15-5-7-17(8-6-15)19-25-18(14-27-19)12-23-20(21-3)22-9-4-10-26-13-16(2)11-24-26/h5-8,11,13-14H,4,9-10,12H2,1-3H3,(H2,21,22,23). The first kappa shape index (κ1) is 18.7. The number of rotatable bonds is 7. The van der Waals surface area contributed by atoms with Crippen molar-refractivity contribution in [3.63, 3.8) is 0 Å². The van der Waals surface area contributed by atoms with Crippen LogP contribution in [0.2, 0.25) is 0 Å². The lowest BCUT2D eigenvalue weighted by Gasteiger charge is -2.10. The Morgan fingerprint density at radius 2 is 1.96 bits per heavy atom. The first-order valence-electron chi connectivity index (χ1n) is 9.09. The zero-order chi connectivity index (χ0) is 19.1. The third kappa shape index (κ3) is 5.44. The number of hydrogen-bond acceptors (Lipinski definition) is 4. The quantitative estimate of drug-likeness (QED) is 0.382. The fourth-order valence-corrected chi connectivity index (χ4v) is 2.65. The fraction of sp³-hybridized carbons (Fsp3) is 0.350. The van der Waals surface area contributed by atoms with Crippen molar-refractivity contribution in [3.8, 4) is 11.5 Å². The molecule has 3 rings (SSSR count). The second-order valence-electron chi connectivity index (χ2n) is 6.50. The van der Waals surface area contributed by atoms with Gasteiger partial charge in [0.05, 0.1) is 18.4 Å². The largest absolute Gasteiger partial charge is 0.444 e. The second kappa shape index (κ2) is 9.02. The van der Waals surface area contributed by atoms with E-state index in [2.05, 4.69) is 32.6 Å². The number of nitrogens with one attached hydrogen (secondary N) is 2. The zero-order valence-electron chi connectivity index (χ0n) is 16.1. The molecule has 0 aliphatic rings. The molecule has 7 nitrogen and oxygen atoms in total. The molecule has 0 aliphatic heterocycles. The summed E-state index contributed by atoms with van der Waals surface area (Å²) in [6, 6.07) is 8.13. The molecule has 3 aromatic rings. The van der Waals surface area contributed by atoms with Crippen LogP contribution in [0.4, 0.5) is 0 Å². The summed E-state index contributed by atoms with van der Waals surface area (Å²) in [7, 11) is 1.76. The van der Waals surface area contributed by atoms with Gasteiger partial charge in [0.25, 0.3) is 0 Å². The van der Waals surface area contributed by atoms with E-state index in [9.17, 15) is 0 Å². The van der Waals surface area contributed by atoms with Gasteiger partial charge in [0.1, 0.15) is 6.26 Å². The Morgan fingerprint density at radius 1 is 1.15 bits per heavy atom. The van der Waals surface area contributed by atoms with Gasteiger partial charge < -0.3 is 15.1 Å². The molecule has 2 heterocycles. The summed E-state index contributed by atoms with van der Waals surface area (Å²) >= 11 is 0. The Labute approximate surface area is 159 Å². The van der Waals surface area contributed by atoms with Crippen molar-refractivity contribution in [2.75, 3.05) is 13.6 Å². The van der Waals surface area contributed by atoms with Crippen molar-refractivity contribution in [2.45, 2.75) is 33.4 Å². The van der Waals surface area contributed by atoms with Gasteiger partial charge in [-0.3, -0.25) is 9.67 Å². The van der Waals surface area contributed by atoms with Crippen molar-refractivity contribution < 1.29 is 4.42 Å². The molecule has 0 unspecified atom stereocenters. The van der Waals surface area contributed by atoms with Gasteiger partial charge in [-0.15, -0.1) is 0 Å². The number of nitrogens with zero attached hydrogens (tertiary/aromatic N) is 4. The minimum atomic E-state index is 0.549. The van der Waals surface area contributed by atoms with Crippen LogP contribution >= 0.6 is 0 Å². The summed E-state index contributed by atoms with van der Waals surface area (Å²) in [5.74, 6) is 1.37. The summed E-state index contributed by atoms with van der Waals surface area (Å²) in [6.45, 7) is 6.34. The van der Waals surface area contributed by atoms with Gasteiger partial charge in [-0.1, -0.05) is 17.7 Å². The van der Waals surface area contributed by atoms with Crippen LogP contribution in [0, 0.1) is 13.8 Å². The average Bonchev–Trinajstić information content (AvgIpc) is 3.31. The molecular formula is C20H26N6O. The van der Waals surface area contributed by atoms with Crippen LogP contribution < -0.4 is 10.6 Å². The highest BCUT2D eigenvalue weighted by molar-refractivity contribution is 5.79. The average molecular weight is 366 g/mol. The van der Waals surface area contributed by atoms with E-state index in [1.807, 2.05) is 48.3 Å². The summed E-state index contributed by atoms with van der Waals surface area (Å²) in [4.78, 5) is 8.77. The van der Waals surface area contributed by atoms with Crippen LogP contribution in [-0.2, 0) is 13.1 Å². The summed E-state index contributed by atoms with van der Waals surface area (Å²) in [5.41, 5.74) is 4.20. The Kier molecular flexibility index (Phi) is 6.25. The lowest BCUT2D eigenvalue weighted by Crippen LogP contribution is -2.37. The Morgan fingerprint density at radius 3 is 2.67 bits per heavy atom. The number of aromatic nitrogens is 3. The topological polar surface area (TPSA) is 80.3 Å². The van der Waals surface area contributed by atoms with Gasteiger partial charge in [0.15, 0.2) is 5.96 Å². The number of guanidine groups is 1. The van der Waals surface area contributed by atoms with Gasteiger partial charge in [0.2, 0.25) is 5.89 Å². The minimum absolute atomic E-state index is 0.549. The minimum Gasteiger partial charge on any atom is -0.444 e. The number of aliphatic imine (C=N–C) groups is 1. The molecule has 0 fully saturated rings. The summed E-state index contributed by atoms with van der Waals surface area (Å²) in [6.07, 6.45) is 6.55. The van der Waals surface area contributed by atoms with Crippen molar-refractivity contribution in [2.24, 2.45) is 4.99 Å². The van der Waals surface area contributed by atoms with Crippen LogP contribution in [-0.4, -0.2) is 34.3 Å². The fourth-order valence-electron chi connectivity index (χ4n) is 2.65. The predicted molar refractivity (Wildman–Crippen MR) is 106 cm³/mol. The molecule has 0 saturated heterocycles. The lowest BCUT2D eigenvalue weighted by atomic mass is 10.1. The van der Waals surface area contributed by atoms with E-state index in [0.29, 0.717) is 12.4 Å². The van der Waals surface area contributed by atoms with Crippen molar-refractivity contribution in [1.82, 2.24) is 25.4 Å². The summed E-state index contributed by atoms with van der Waals surface area (Å²) < 4.78 is 7.54. The zero-order valence-corrected chi connectivity index (χ0v) is 16.1. The van der Waals surface area contributed by atoms with Crippen LogP contribution in [0.1, 0.15) is 23.2 Å². The van der Waals surface area contributed by atoms with Crippen LogP contribution in [0.5, 0.6) is 0 Å². The van der Waals surface area contributed by atoms with Crippen molar-refractivity contribution >= 4 is 5.96 Å². The van der Waals surface area contributed by atoms with Gasteiger partial charge >= 0.3 is 0 Å². The molecule has 0 saturated carbocycles. The number of aryl methyl sites for hydroxylation is 3. The molecule has 142 valence electrons. The van der Waals surface area contributed by atoms with E-state index < -0.39 is 0 Å². The Bertz CT molecular complexity index is 878. The maximum absolute atomic E-state index is 5.58. The smallest absolute Gasteiger partial charge is 0.226 e. The molecule has 27 heavy (non-hydrogen) atoms. The Balaban J connectivity index is 1.43. The number of hydrogen-bond donors (Lipinski definition) is 2. The second-order valence-corrected chi connectivity index (χ2v) is 6.50. The third-order valence-corrected chi connectivity index (χ3v) is 4.13. The van der Waals surface area contributed by atoms with Crippen LogP contribution in [0.3, 0.4) is 0 Å². The van der Waals surface area contributed by atoms with E-state index in [-0.39, 0.29) is 0 Å². The molecule has 0 radical (unpaired) electrons.